The number of hydrazine groups is 1. The van der Waals surface area contributed by atoms with Crippen molar-refractivity contribution in [2.75, 3.05) is 6.54 Å². The molecule has 4 unspecified atom stereocenters. The van der Waals surface area contributed by atoms with Gasteiger partial charge in [-0.15, -0.1) is 0 Å². The highest BCUT2D eigenvalue weighted by Crippen LogP contribution is 2.44. The lowest BCUT2D eigenvalue weighted by atomic mass is 9.68. The van der Waals surface area contributed by atoms with Gasteiger partial charge in [0.1, 0.15) is 0 Å². The molecule has 0 radical (unpaired) electrons. The summed E-state index contributed by atoms with van der Waals surface area (Å²) in [5, 5.41) is 4.52. The fourth-order valence-corrected chi connectivity index (χ4v) is 4.57. The molecule has 1 saturated heterocycles. The average molecular weight is 354 g/mol. The second-order valence-corrected chi connectivity index (χ2v) is 7.52. The first kappa shape index (κ1) is 17.2. The maximum atomic E-state index is 12.2. The van der Waals surface area contributed by atoms with Crippen molar-refractivity contribution in [1.29, 1.82) is 0 Å². The summed E-state index contributed by atoms with van der Waals surface area (Å²) in [5.74, 6) is 0.800. The third-order valence-electron chi connectivity index (χ3n) is 5.98. The van der Waals surface area contributed by atoms with E-state index >= 15 is 0 Å². The van der Waals surface area contributed by atoms with Crippen LogP contribution in [0.2, 0.25) is 0 Å². The highest BCUT2D eigenvalue weighted by molar-refractivity contribution is 5.79. The molecule has 1 aliphatic heterocycles. The number of nitrogens with zero attached hydrogens (tertiary/aromatic N) is 3. The van der Waals surface area contributed by atoms with E-state index in [-0.39, 0.29) is 23.8 Å². The summed E-state index contributed by atoms with van der Waals surface area (Å²) >= 11 is 0. The highest BCUT2D eigenvalue weighted by atomic mass is 16.2. The number of nitrogens with two attached hydrogens (primary N) is 1. The molecule has 4 rings (SSSR count). The van der Waals surface area contributed by atoms with Crippen LogP contribution in [0.25, 0.3) is 11.3 Å². The molecule has 2 fully saturated rings. The van der Waals surface area contributed by atoms with Gasteiger partial charge in [0.05, 0.1) is 11.9 Å². The van der Waals surface area contributed by atoms with Gasteiger partial charge in [0.25, 0.3) is 0 Å². The van der Waals surface area contributed by atoms with Crippen LogP contribution in [0.4, 0.5) is 0 Å². The Kier molecular flexibility index (Phi) is 4.50. The Hall–Kier alpha value is -2.25. The SMILES string of the molecule is Cc1ccc(-c2c(C3CCC4C(=O)NNC(CN)C4C3)cnn2C)cn1. The summed E-state index contributed by atoms with van der Waals surface area (Å²) in [6.45, 7) is 2.51. The number of amides is 1. The van der Waals surface area contributed by atoms with Gasteiger partial charge in [0.15, 0.2) is 0 Å². The first-order valence-corrected chi connectivity index (χ1v) is 9.29. The second-order valence-electron chi connectivity index (χ2n) is 7.52. The molecular weight excluding hydrogens is 328 g/mol. The molecule has 2 aromatic rings. The molecule has 1 amide bonds. The summed E-state index contributed by atoms with van der Waals surface area (Å²) in [6, 6.07) is 4.26. The molecule has 4 N–H and O–H groups in total. The number of pyridine rings is 1. The molecule has 0 bridgehead atoms. The Morgan fingerprint density at radius 1 is 1.31 bits per heavy atom. The highest BCUT2D eigenvalue weighted by Gasteiger charge is 2.43. The van der Waals surface area contributed by atoms with Gasteiger partial charge in [-0.3, -0.25) is 19.9 Å². The molecule has 0 aromatic carbocycles. The number of aryl methyl sites for hydroxylation is 2. The Labute approximate surface area is 153 Å². The van der Waals surface area contributed by atoms with E-state index < -0.39 is 0 Å². The molecule has 26 heavy (non-hydrogen) atoms. The summed E-state index contributed by atoms with van der Waals surface area (Å²) in [6.07, 6.45) is 6.72. The number of carbonyl (C=O) groups is 1. The van der Waals surface area contributed by atoms with Crippen molar-refractivity contribution in [3.8, 4) is 11.3 Å². The minimum absolute atomic E-state index is 0.0576. The second kappa shape index (κ2) is 6.81. The van der Waals surface area contributed by atoms with E-state index in [0.29, 0.717) is 12.5 Å². The predicted octanol–water partition coefficient (Wildman–Crippen LogP) is 1.25. The zero-order chi connectivity index (χ0) is 18.3. The van der Waals surface area contributed by atoms with Gasteiger partial charge < -0.3 is 5.73 Å². The summed E-state index contributed by atoms with van der Waals surface area (Å²) in [7, 11) is 1.97. The first-order chi connectivity index (χ1) is 12.6. The summed E-state index contributed by atoms with van der Waals surface area (Å²) < 4.78 is 1.93. The molecule has 138 valence electrons. The Morgan fingerprint density at radius 2 is 2.15 bits per heavy atom. The average Bonchev–Trinajstić information content (AvgIpc) is 3.04. The van der Waals surface area contributed by atoms with Crippen molar-refractivity contribution in [3.05, 3.63) is 35.8 Å². The van der Waals surface area contributed by atoms with Crippen molar-refractivity contribution < 1.29 is 4.79 Å². The summed E-state index contributed by atoms with van der Waals surface area (Å²) in [5.41, 5.74) is 16.3. The monoisotopic (exact) mass is 354 g/mol. The normalized spacial score (nSPS) is 28.5. The zero-order valence-electron chi connectivity index (χ0n) is 15.3. The van der Waals surface area contributed by atoms with Crippen LogP contribution in [0.15, 0.2) is 24.5 Å². The van der Waals surface area contributed by atoms with Crippen molar-refractivity contribution in [1.82, 2.24) is 25.6 Å². The van der Waals surface area contributed by atoms with Gasteiger partial charge in [-0.2, -0.15) is 5.10 Å². The number of carbonyl (C=O) groups excluding carboxylic acids is 1. The van der Waals surface area contributed by atoms with Gasteiger partial charge in [-0.25, -0.2) is 5.43 Å². The van der Waals surface area contributed by atoms with Crippen LogP contribution in [0, 0.1) is 18.8 Å². The molecule has 3 heterocycles. The topological polar surface area (TPSA) is 97.9 Å². The number of fused-ring (bicyclic) bond motifs is 1. The van der Waals surface area contributed by atoms with E-state index in [2.05, 4.69) is 27.0 Å². The fraction of sp³-hybridized carbons (Fsp3) is 0.526. The third-order valence-corrected chi connectivity index (χ3v) is 5.98. The van der Waals surface area contributed by atoms with Crippen LogP contribution >= 0.6 is 0 Å². The fourth-order valence-electron chi connectivity index (χ4n) is 4.57. The molecule has 2 aliphatic rings. The van der Waals surface area contributed by atoms with Crippen LogP contribution in [-0.4, -0.2) is 33.3 Å². The maximum absolute atomic E-state index is 12.2. The lowest BCUT2D eigenvalue weighted by Crippen LogP contribution is -2.62. The van der Waals surface area contributed by atoms with E-state index in [1.54, 1.807) is 0 Å². The van der Waals surface area contributed by atoms with E-state index in [1.807, 2.05) is 37.1 Å². The Morgan fingerprint density at radius 3 is 2.88 bits per heavy atom. The van der Waals surface area contributed by atoms with Gasteiger partial charge in [0.2, 0.25) is 5.91 Å². The molecular formula is C19H26N6O. The smallest absolute Gasteiger partial charge is 0.237 e. The number of rotatable bonds is 3. The summed E-state index contributed by atoms with van der Waals surface area (Å²) in [4.78, 5) is 16.7. The van der Waals surface area contributed by atoms with Gasteiger partial charge in [-0.05, 0) is 50.2 Å². The first-order valence-electron chi connectivity index (χ1n) is 9.29. The van der Waals surface area contributed by atoms with Gasteiger partial charge in [-0.1, -0.05) is 0 Å². The van der Waals surface area contributed by atoms with Crippen molar-refractivity contribution in [2.45, 2.75) is 38.1 Å². The lowest BCUT2D eigenvalue weighted by Gasteiger charge is -2.43. The van der Waals surface area contributed by atoms with Crippen LogP contribution in [0.5, 0.6) is 0 Å². The lowest BCUT2D eigenvalue weighted by molar-refractivity contribution is -0.133. The van der Waals surface area contributed by atoms with Crippen molar-refractivity contribution in [2.24, 2.45) is 24.6 Å². The number of nitrogens with one attached hydrogen (secondary N) is 2. The standard InChI is InChI=1S/C19H26N6O/c1-11-3-4-13(9-21-11)18-16(10-22-25(18)2)12-5-6-14-15(7-12)17(8-20)23-24-19(14)26/h3-4,9-10,12,14-15,17,23H,5-8,20H2,1-2H3,(H,24,26). The van der Waals surface area contributed by atoms with E-state index in [0.717, 1.165) is 36.2 Å². The molecule has 7 nitrogen and oxygen atoms in total. The number of aromatic nitrogens is 3. The minimum atomic E-state index is 0.0576. The van der Waals surface area contributed by atoms with Crippen LogP contribution in [0.3, 0.4) is 0 Å². The number of hydrogen-bond donors (Lipinski definition) is 3. The number of hydrogen-bond acceptors (Lipinski definition) is 5. The molecule has 1 aliphatic carbocycles. The largest absolute Gasteiger partial charge is 0.329 e. The molecule has 4 atom stereocenters. The Balaban J connectivity index is 1.65. The quantitative estimate of drug-likeness (QED) is 0.771. The maximum Gasteiger partial charge on any atom is 0.237 e. The minimum Gasteiger partial charge on any atom is -0.329 e. The molecule has 2 aromatic heterocycles. The predicted molar refractivity (Wildman–Crippen MR) is 98.9 cm³/mol. The van der Waals surface area contributed by atoms with Gasteiger partial charge in [0, 0.05) is 48.6 Å². The molecule has 7 heteroatoms. The zero-order valence-corrected chi connectivity index (χ0v) is 15.3. The third kappa shape index (κ3) is 2.91. The van der Waals surface area contributed by atoms with E-state index in [1.165, 1.54) is 5.56 Å². The van der Waals surface area contributed by atoms with Crippen LogP contribution in [-0.2, 0) is 11.8 Å². The van der Waals surface area contributed by atoms with Crippen molar-refractivity contribution >= 4 is 5.91 Å². The molecule has 1 saturated carbocycles. The van der Waals surface area contributed by atoms with Crippen LogP contribution < -0.4 is 16.6 Å². The molecule has 0 spiro atoms. The van der Waals surface area contributed by atoms with Gasteiger partial charge >= 0.3 is 0 Å². The van der Waals surface area contributed by atoms with E-state index in [9.17, 15) is 4.79 Å². The van der Waals surface area contributed by atoms with Crippen LogP contribution in [0.1, 0.15) is 36.4 Å². The van der Waals surface area contributed by atoms with E-state index in [4.69, 9.17) is 5.73 Å². The Bertz CT molecular complexity index is 799. The van der Waals surface area contributed by atoms with Crippen molar-refractivity contribution in [3.63, 3.8) is 0 Å².